The summed E-state index contributed by atoms with van der Waals surface area (Å²) in [6.45, 7) is 0.652. The topological polar surface area (TPSA) is 57.4 Å². The monoisotopic (exact) mass is 268 g/mol. The third-order valence-electron chi connectivity index (χ3n) is 2.44. The van der Waals surface area contributed by atoms with Gasteiger partial charge in [-0.25, -0.2) is 4.98 Å². The van der Waals surface area contributed by atoms with Gasteiger partial charge in [-0.3, -0.25) is 0 Å². The van der Waals surface area contributed by atoms with E-state index in [2.05, 4.69) is 4.98 Å². The number of hydrogen-bond acceptors (Lipinski definition) is 5. The Bertz CT molecular complexity index is 571. The van der Waals surface area contributed by atoms with Gasteiger partial charge in [-0.05, 0) is 12.1 Å². The molecule has 1 aliphatic rings. The van der Waals surface area contributed by atoms with Crippen LogP contribution in [-0.4, -0.2) is 11.8 Å². The molecule has 3 rings (SSSR count). The minimum Gasteiger partial charge on any atom is -0.454 e. The fraction of sp³-hybridized carbons (Fsp3) is 0.182. The summed E-state index contributed by atoms with van der Waals surface area (Å²) in [5.41, 5.74) is 7.33. The Labute approximate surface area is 107 Å². The number of benzene rings is 1. The lowest BCUT2D eigenvalue weighted by Crippen LogP contribution is -1.95. The third kappa shape index (κ3) is 1.86. The molecule has 4 nitrogen and oxygen atoms in total. The number of thiazole rings is 1. The predicted octanol–water partition coefficient (Wildman–Crippen LogP) is 2.65. The van der Waals surface area contributed by atoms with E-state index in [4.69, 9.17) is 26.8 Å². The molecule has 0 fully saturated rings. The van der Waals surface area contributed by atoms with Crippen LogP contribution in [-0.2, 0) is 6.54 Å². The van der Waals surface area contributed by atoms with Crippen LogP contribution in [0.4, 0.5) is 0 Å². The number of rotatable bonds is 2. The van der Waals surface area contributed by atoms with Gasteiger partial charge in [-0.15, -0.1) is 11.3 Å². The van der Waals surface area contributed by atoms with Gasteiger partial charge in [0.05, 0.1) is 10.7 Å². The van der Waals surface area contributed by atoms with Crippen molar-refractivity contribution in [2.45, 2.75) is 6.54 Å². The molecule has 0 amide bonds. The first-order chi connectivity index (χ1) is 8.28. The Kier molecular flexibility index (Phi) is 2.66. The number of fused-ring (bicyclic) bond motifs is 1. The van der Waals surface area contributed by atoms with Crippen LogP contribution in [0.15, 0.2) is 17.5 Å². The maximum absolute atomic E-state index is 6.11. The first kappa shape index (κ1) is 10.8. The summed E-state index contributed by atoms with van der Waals surface area (Å²) in [6, 6.07) is 3.71. The molecule has 1 aliphatic heterocycles. The molecule has 1 aromatic heterocycles. The highest BCUT2D eigenvalue weighted by Crippen LogP contribution is 2.42. The summed E-state index contributed by atoms with van der Waals surface area (Å²) in [4.78, 5) is 4.40. The first-order valence-electron chi connectivity index (χ1n) is 5.02. The largest absolute Gasteiger partial charge is 0.454 e. The molecule has 0 aliphatic carbocycles. The molecule has 0 unspecified atom stereocenters. The lowest BCUT2D eigenvalue weighted by molar-refractivity contribution is 0.174. The molecule has 0 saturated heterocycles. The summed E-state index contributed by atoms with van der Waals surface area (Å²) in [5, 5.41) is 3.36. The lowest BCUT2D eigenvalue weighted by Gasteiger charge is -2.02. The van der Waals surface area contributed by atoms with Crippen LogP contribution < -0.4 is 15.2 Å². The van der Waals surface area contributed by atoms with Gasteiger partial charge in [-0.1, -0.05) is 11.6 Å². The molecule has 0 saturated carbocycles. The van der Waals surface area contributed by atoms with E-state index >= 15 is 0 Å². The van der Waals surface area contributed by atoms with Crippen molar-refractivity contribution in [1.29, 1.82) is 0 Å². The SMILES string of the molecule is NCc1csc(-c2cc(Cl)c3c(c2)OCO3)n1. The zero-order valence-corrected chi connectivity index (χ0v) is 10.3. The van der Waals surface area contributed by atoms with Crippen molar-refractivity contribution < 1.29 is 9.47 Å². The second kappa shape index (κ2) is 4.18. The smallest absolute Gasteiger partial charge is 0.231 e. The van der Waals surface area contributed by atoms with Gasteiger partial charge >= 0.3 is 0 Å². The second-order valence-electron chi connectivity index (χ2n) is 3.54. The molecule has 6 heteroatoms. The molecule has 2 N–H and O–H groups in total. The van der Waals surface area contributed by atoms with E-state index in [9.17, 15) is 0 Å². The number of nitrogens with two attached hydrogens (primary N) is 1. The molecule has 2 heterocycles. The van der Waals surface area contributed by atoms with E-state index in [1.54, 1.807) is 0 Å². The van der Waals surface area contributed by atoms with Crippen LogP contribution in [0.1, 0.15) is 5.69 Å². The number of aromatic nitrogens is 1. The van der Waals surface area contributed by atoms with Crippen LogP contribution in [0.3, 0.4) is 0 Å². The summed E-state index contributed by atoms with van der Waals surface area (Å²) >= 11 is 7.65. The molecule has 1 aromatic carbocycles. The van der Waals surface area contributed by atoms with Crippen molar-refractivity contribution in [3.8, 4) is 22.1 Å². The van der Waals surface area contributed by atoms with Crippen molar-refractivity contribution >= 4 is 22.9 Å². The second-order valence-corrected chi connectivity index (χ2v) is 4.81. The Morgan fingerprint density at radius 1 is 1.41 bits per heavy atom. The maximum atomic E-state index is 6.11. The molecule has 0 radical (unpaired) electrons. The minimum atomic E-state index is 0.213. The third-order valence-corrected chi connectivity index (χ3v) is 3.66. The Morgan fingerprint density at radius 3 is 3.06 bits per heavy atom. The lowest BCUT2D eigenvalue weighted by atomic mass is 10.2. The minimum absolute atomic E-state index is 0.213. The van der Waals surface area contributed by atoms with Crippen LogP contribution in [0, 0.1) is 0 Å². The number of nitrogens with zero attached hydrogens (tertiary/aromatic N) is 1. The summed E-state index contributed by atoms with van der Waals surface area (Å²) in [5.74, 6) is 1.27. The normalized spacial score (nSPS) is 13.1. The highest BCUT2D eigenvalue weighted by molar-refractivity contribution is 7.13. The fourth-order valence-electron chi connectivity index (χ4n) is 1.62. The van der Waals surface area contributed by atoms with Crippen LogP contribution in [0.25, 0.3) is 10.6 Å². The van der Waals surface area contributed by atoms with E-state index in [1.165, 1.54) is 11.3 Å². The Balaban J connectivity index is 2.06. The van der Waals surface area contributed by atoms with E-state index in [0.717, 1.165) is 16.3 Å². The zero-order valence-electron chi connectivity index (χ0n) is 8.77. The van der Waals surface area contributed by atoms with Crippen molar-refractivity contribution in [3.63, 3.8) is 0 Å². The number of halogens is 1. The molecular formula is C11H9ClN2O2S. The van der Waals surface area contributed by atoms with E-state index in [0.29, 0.717) is 23.1 Å². The van der Waals surface area contributed by atoms with Gasteiger partial charge in [0.15, 0.2) is 11.5 Å². The standard InChI is InChI=1S/C11H9ClN2O2S/c12-8-1-6(2-9-10(8)16-5-15-9)11-14-7(3-13)4-17-11/h1-2,4H,3,5,13H2. The Morgan fingerprint density at radius 2 is 2.29 bits per heavy atom. The number of ether oxygens (including phenoxy) is 2. The molecule has 2 aromatic rings. The molecule has 17 heavy (non-hydrogen) atoms. The van der Waals surface area contributed by atoms with Crippen molar-refractivity contribution in [1.82, 2.24) is 4.98 Å². The van der Waals surface area contributed by atoms with Crippen molar-refractivity contribution in [2.24, 2.45) is 5.73 Å². The molecule has 0 atom stereocenters. The summed E-state index contributed by atoms with van der Waals surface area (Å²) < 4.78 is 10.6. The maximum Gasteiger partial charge on any atom is 0.231 e. The molecule has 0 bridgehead atoms. The number of hydrogen-bond donors (Lipinski definition) is 1. The van der Waals surface area contributed by atoms with Crippen LogP contribution >= 0.6 is 22.9 Å². The van der Waals surface area contributed by atoms with E-state index in [1.807, 2.05) is 17.5 Å². The quantitative estimate of drug-likeness (QED) is 0.910. The fourth-order valence-corrected chi connectivity index (χ4v) is 2.71. The van der Waals surface area contributed by atoms with Gasteiger partial charge in [0.2, 0.25) is 6.79 Å². The van der Waals surface area contributed by atoms with Gasteiger partial charge in [-0.2, -0.15) is 0 Å². The molecular weight excluding hydrogens is 260 g/mol. The van der Waals surface area contributed by atoms with E-state index < -0.39 is 0 Å². The highest BCUT2D eigenvalue weighted by Gasteiger charge is 2.19. The van der Waals surface area contributed by atoms with Crippen LogP contribution in [0.5, 0.6) is 11.5 Å². The van der Waals surface area contributed by atoms with Crippen molar-refractivity contribution in [3.05, 3.63) is 28.2 Å². The van der Waals surface area contributed by atoms with Crippen molar-refractivity contribution in [2.75, 3.05) is 6.79 Å². The average molecular weight is 269 g/mol. The zero-order chi connectivity index (χ0) is 11.8. The molecule has 0 spiro atoms. The highest BCUT2D eigenvalue weighted by atomic mass is 35.5. The molecule has 88 valence electrons. The summed E-state index contributed by atoms with van der Waals surface area (Å²) in [6.07, 6.45) is 0. The first-order valence-corrected chi connectivity index (χ1v) is 6.27. The van der Waals surface area contributed by atoms with Gasteiger partial charge in [0.1, 0.15) is 5.01 Å². The van der Waals surface area contributed by atoms with Gasteiger partial charge in [0.25, 0.3) is 0 Å². The van der Waals surface area contributed by atoms with E-state index in [-0.39, 0.29) is 6.79 Å². The average Bonchev–Trinajstić information content (AvgIpc) is 2.97. The predicted molar refractivity (Wildman–Crippen MR) is 66.6 cm³/mol. The summed E-state index contributed by atoms with van der Waals surface area (Å²) in [7, 11) is 0. The Hall–Kier alpha value is -1.30. The van der Waals surface area contributed by atoms with Crippen LogP contribution in [0.2, 0.25) is 5.02 Å². The van der Waals surface area contributed by atoms with Gasteiger partial charge in [0, 0.05) is 17.5 Å². The van der Waals surface area contributed by atoms with Gasteiger partial charge < -0.3 is 15.2 Å².